The molecule has 1 saturated heterocycles. The number of hydrogen-bond donors (Lipinski definition) is 2. The Morgan fingerprint density at radius 3 is 2.26 bits per heavy atom. The van der Waals surface area contributed by atoms with Crippen molar-refractivity contribution in [2.45, 2.75) is 114 Å². The number of amides is 3. The van der Waals surface area contributed by atoms with Gasteiger partial charge in [0, 0.05) is 24.1 Å². The van der Waals surface area contributed by atoms with Crippen molar-refractivity contribution in [2.75, 3.05) is 6.54 Å². The number of hydrogen-bond acceptors (Lipinski definition) is 4. The van der Waals surface area contributed by atoms with Crippen LogP contribution in [0.3, 0.4) is 0 Å². The molecule has 4 saturated carbocycles. The van der Waals surface area contributed by atoms with Gasteiger partial charge in [0.05, 0.1) is 0 Å². The van der Waals surface area contributed by atoms with Crippen molar-refractivity contribution in [1.82, 2.24) is 15.5 Å². The van der Waals surface area contributed by atoms with E-state index in [9.17, 15) is 18.8 Å². The molecule has 2 N–H and O–H groups in total. The zero-order valence-electron chi connectivity index (χ0n) is 22.5. The molecule has 3 amide bonds. The SMILES string of the molecule is O=C1CCC(N2Cc3c(CCCCCCCCNC45CC6CC(CC(C6)C4)C5)cc(F)cc3C2=O)C(=O)N1. The molecule has 4 bridgehead atoms. The number of fused-ring (bicyclic) bond motifs is 1. The molecule has 5 fully saturated rings. The molecule has 38 heavy (non-hydrogen) atoms. The van der Waals surface area contributed by atoms with Gasteiger partial charge in [0.1, 0.15) is 11.9 Å². The third-order valence-corrected chi connectivity index (χ3v) is 10.1. The molecule has 1 aromatic rings. The molecule has 1 atom stereocenters. The number of piperidine rings is 1. The third-order valence-electron chi connectivity index (χ3n) is 10.1. The highest BCUT2D eigenvalue weighted by molar-refractivity contribution is 6.05. The highest BCUT2D eigenvalue weighted by Gasteiger charge is 2.50. The number of unbranched alkanes of at least 4 members (excludes halogenated alkanes) is 5. The van der Waals surface area contributed by atoms with Crippen LogP contribution in [0.25, 0.3) is 0 Å². The summed E-state index contributed by atoms with van der Waals surface area (Å²) >= 11 is 0. The Hall–Kier alpha value is -2.28. The lowest BCUT2D eigenvalue weighted by Crippen LogP contribution is -2.58. The molecule has 7 heteroatoms. The molecule has 0 aromatic heterocycles. The molecular weight excluding hydrogens is 481 g/mol. The van der Waals surface area contributed by atoms with Crippen LogP contribution in [0.2, 0.25) is 0 Å². The van der Waals surface area contributed by atoms with E-state index in [1.807, 2.05) is 0 Å². The number of rotatable bonds is 11. The number of benzene rings is 1. The third kappa shape index (κ3) is 5.28. The van der Waals surface area contributed by atoms with Crippen molar-refractivity contribution < 1.29 is 18.8 Å². The number of aryl methyl sites for hydroxylation is 1. The van der Waals surface area contributed by atoms with Crippen LogP contribution in [0.4, 0.5) is 4.39 Å². The number of carbonyl (C=O) groups is 3. The van der Waals surface area contributed by atoms with E-state index in [2.05, 4.69) is 10.6 Å². The van der Waals surface area contributed by atoms with Gasteiger partial charge in [0.15, 0.2) is 0 Å². The summed E-state index contributed by atoms with van der Waals surface area (Å²) in [7, 11) is 0. The van der Waals surface area contributed by atoms with Gasteiger partial charge in [-0.05, 0) is 112 Å². The van der Waals surface area contributed by atoms with Crippen LogP contribution in [0.1, 0.15) is 111 Å². The minimum Gasteiger partial charge on any atom is -0.322 e. The fraction of sp³-hybridized carbons (Fsp3) is 0.710. The first-order valence-electron chi connectivity index (χ1n) is 15.1. The molecule has 6 nitrogen and oxygen atoms in total. The van der Waals surface area contributed by atoms with E-state index in [4.69, 9.17) is 0 Å². The fourth-order valence-electron chi connectivity index (χ4n) is 8.75. The van der Waals surface area contributed by atoms with Gasteiger partial charge in [-0.2, -0.15) is 0 Å². The number of carbonyl (C=O) groups excluding carboxylic acids is 3. The number of imide groups is 1. The maximum absolute atomic E-state index is 14.4. The largest absolute Gasteiger partial charge is 0.322 e. The van der Waals surface area contributed by atoms with Gasteiger partial charge < -0.3 is 10.2 Å². The van der Waals surface area contributed by atoms with Crippen LogP contribution in [-0.4, -0.2) is 40.7 Å². The zero-order chi connectivity index (χ0) is 26.3. The van der Waals surface area contributed by atoms with Crippen molar-refractivity contribution in [3.8, 4) is 0 Å². The number of nitrogens with one attached hydrogen (secondary N) is 2. The Kier molecular flexibility index (Phi) is 7.32. The molecule has 7 rings (SSSR count). The van der Waals surface area contributed by atoms with E-state index in [-0.39, 0.29) is 18.2 Å². The van der Waals surface area contributed by atoms with E-state index < -0.39 is 17.8 Å². The zero-order valence-corrected chi connectivity index (χ0v) is 22.5. The van der Waals surface area contributed by atoms with E-state index >= 15 is 0 Å². The first-order chi connectivity index (χ1) is 18.4. The number of nitrogens with zero attached hydrogens (tertiary/aromatic N) is 1. The lowest BCUT2D eigenvalue weighted by atomic mass is 9.53. The molecule has 206 valence electrons. The minimum absolute atomic E-state index is 0.218. The summed E-state index contributed by atoms with van der Waals surface area (Å²) in [4.78, 5) is 38.3. The lowest BCUT2D eigenvalue weighted by Gasteiger charge is -2.57. The molecular formula is C31H42FN3O3. The van der Waals surface area contributed by atoms with Gasteiger partial charge in [-0.3, -0.25) is 19.7 Å². The van der Waals surface area contributed by atoms with E-state index in [0.717, 1.165) is 54.7 Å². The molecule has 1 aromatic carbocycles. The summed E-state index contributed by atoms with van der Waals surface area (Å²) in [6.07, 6.45) is 17.0. The second-order valence-corrected chi connectivity index (χ2v) is 13.0. The Labute approximate surface area is 225 Å². The van der Waals surface area contributed by atoms with Crippen molar-refractivity contribution in [3.63, 3.8) is 0 Å². The van der Waals surface area contributed by atoms with Crippen molar-refractivity contribution in [3.05, 3.63) is 34.6 Å². The van der Waals surface area contributed by atoms with Crippen LogP contribution in [-0.2, 0) is 22.6 Å². The smallest absolute Gasteiger partial charge is 0.255 e. The Morgan fingerprint density at radius 2 is 1.58 bits per heavy atom. The van der Waals surface area contributed by atoms with Crippen LogP contribution in [0.5, 0.6) is 0 Å². The molecule has 4 aliphatic carbocycles. The monoisotopic (exact) mass is 523 g/mol. The average molecular weight is 524 g/mol. The lowest BCUT2D eigenvalue weighted by molar-refractivity contribution is -0.136. The standard InChI is InChI=1S/C31H42FN3O3/c32-24-14-23(26-19-35(30(38)25(26)15-24)27-8-9-28(36)34-29(27)37)7-5-3-1-2-4-6-10-33-31-16-20-11-21(17-31)13-22(12-20)18-31/h14-15,20-22,27,33H,1-13,16-19H2,(H,34,36,37). The Balaban J connectivity index is 0.918. The van der Waals surface area contributed by atoms with E-state index in [0.29, 0.717) is 24.1 Å². The molecule has 6 aliphatic rings. The molecule has 2 heterocycles. The van der Waals surface area contributed by atoms with Gasteiger partial charge in [-0.1, -0.05) is 25.7 Å². The summed E-state index contributed by atoms with van der Waals surface area (Å²) in [5.74, 6) is 1.53. The van der Waals surface area contributed by atoms with Crippen molar-refractivity contribution >= 4 is 17.7 Å². The molecule has 0 radical (unpaired) electrons. The van der Waals surface area contributed by atoms with E-state index in [1.54, 1.807) is 6.07 Å². The van der Waals surface area contributed by atoms with Gasteiger partial charge in [-0.15, -0.1) is 0 Å². The van der Waals surface area contributed by atoms with Crippen molar-refractivity contribution in [2.24, 2.45) is 17.8 Å². The van der Waals surface area contributed by atoms with Crippen LogP contribution < -0.4 is 10.6 Å². The van der Waals surface area contributed by atoms with Crippen LogP contribution >= 0.6 is 0 Å². The predicted octanol–water partition coefficient (Wildman–Crippen LogP) is 5.03. The second kappa shape index (κ2) is 10.7. The first-order valence-corrected chi connectivity index (χ1v) is 15.1. The molecule has 0 spiro atoms. The van der Waals surface area contributed by atoms with Gasteiger partial charge in [0.2, 0.25) is 11.8 Å². The summed E-state index contributed by atoms with van der Waals surface area (Å²) in [5, 5.41) is 6.33. The van der Waals surface area contributed by atoms with Gasteiger partial charge in [-0.25, -0.2) is 4.39 Å². The summed E-state index contributed by atoms with van der Waals surface area (Å²) in [6.45, 7) is 1.46. The quantitative estimate of drug-likeness (QED) is 0.315. The predicted molar refractivity (Wildman–Crippen MR) is 143 cm³/mol. The number of halogens is 1. The molecule has 2 aliphatic heterocycles. The van der Waals surface area contributed by atoms with E-state index in [1.165, 1.54) is 75.2 Å². The van der Waals surface area contributed by atoms with Gasteiger partial charge >= 0.3 is 0 Å². The highest BCUT2D eigenvalue weighted by atomic mass is 19.1. The van der Waals surface area contributed by atoms with Crippen LogP contribution in [0, 0.1) is 23.6 Å². The molecule has 1 unspecified atom stereocenters. The first kappa shape index (κ1) is 26.0. The van der Waals surface area contributed by atoms with Gasteiger partial charge in [0.25, 0.3) is 5.91 Å². The Bertz CT molecular complexity index is 1070. The normalized spacial score (nSPS) is 31.7. The second-order valence-electron chi connectivity index (χ2n) is 13.0. The maximum atomic E-state index is 14.4. The topological polar surface area (TPSA) is 78.5 Å². The average Bonchev–Trinajstić information content (AvgIpc) is 3.18. The summed E-state index contributed by atoms with van der Waals surface area (Å²) < 4.78 is 14.4. The maximum Gasteiger partial charge on any atom is 0.255 e. The Morgan fingerprint density at radius 1 is 0.921 bits per heavy atom. The minimum atomic E-state index is -0.666. The summed E-state index contributed by atoms with van der Waals surface area (Å²) in [5.41, 5.74) is 2.56. The fourth-order valence-corrected chi connectivity index (χ4v) is 8.75. The van der Waals surface area contributed by atoms with Crippen LogP contribution in [0.15, 0.2) is 12.1 Å². The van der Waals surface area contributed by atoms with Crippen molar-refractivity contribution in [1.29, 1.82) is 0 Å². The highest BCUT2D eigenvalue weighted by Crippen LogP contribution is 2.55. The summed E-state index contributed by atoms with van der Waals surface area (Å²) in [6, 6.07) is 2.18.